The van der Waals surface area contributed by atoms with Crippen molar-refractivity contribution in [3.63, 3.8) is 0 Å². The van der Waals surface area contributed by atoms with Gasteiger partial charge in [-0.25, -0.2) is 13.1 Å². The highest BCUT2D eigenvalue weighted by Crippen LogP contribution is 2.33. The number of rotatable bonds is 8. The molecule has 130 valence electrons. The lowest BCUT2D eigenvalue weighted by atomic mass is 9.78. The van der Waals surface area contributed by atoms with Gasteiger partial charge in [-0.2, -0.15) is 0 Å². The lowest BCUT2D eigenvalue weighted by molar-refractivity contribution is 0.250. The first-order valence-electron chi connectivity index (χ1n) is 8.76. The maximum Gasteiger partial charge on any atom is 0.240 e. The minimum atomic E-state index is -3.41. The zero-order valence-electron chi connectivity index (χ0n) is 13.9. The van der Waals surface area contributed by atoms with Crippen LogP contribution in [0.1, 0.15) is 58.3 Å². The molecule has 1 saturated carbocycles. The van der Waals surface area contributed by atoms with Crippen molar-refractivity contribution in [2.45, 2.75) is 63.2 Å². The van der Waals surface area contributed by atoms with E-state index in [-0.39, 0.29) is 4.90 Å². The molecule has 0 bridgehead atoms. The summed E-state index contributed by atoms with van der Waals surface area (Å²) < 4.78 is 27.1. The van der Waals surface area contributed by atoms with E-state index in [4.69, 9.17) is 11.6 Å². The van der Waals surface area contributed by atoms with E-state index in [0.29, 0.717) is 17.5 Å². The Hall–Kier alpha value is -0.580. The van der Waals surface area contributed by atoms with Crippen LogP contribution >= 0.6 is 11.6 Å². The van der Waals surface area contributed by atoms with Crippen LogP contribution in [0.5, 0.6) is 0 Å². The van der Waals surface area contributed by atoms with Gasteiger partial charge in [-0.3, -0.25) is 0 Å². The Balaban J connectivity index is 1.72. The number of hydrogen-bond donors (Lipinski definition) is 1. The van der Waals surface area contributed by atoms with Gasteiger partial charge in [0.2, 0.25) is 10.0 Å². The molecule has 1 aromatic carbocycles. The molecule has 1 aliphatic carbocycles. The largest absolute Gasteiger partial charge is 0.240 e. The standard InChI is InChI=1S/C18H28ClNO2S/c1-2-3-4-15-5-7-16(8-6-15)13-14-20-23(21,22)18-11-9-17(19)10-12-18/h9-12,15-16,20H,2-8,13-14H2,1H3. The Morgan fingerprint density at radius 3 is 2.17 bits per heavy atom. The highest BCUT2D eigenvalue weighted by Gasteiger charge is 2.21. The molecular formula is C18H28ClNO2S. The second-order valence-electron chi connectivity index (χ2n) is 6.67. The van der Waals surface area contributed by atoms with Crippen LogP contribution in [0.2, 0.25) is 5.02 Å². The molecule has 1 N–H and O–H groups in total. The van der Waals surface area contributed by atoms with Gasteiger partial charge in [-0.15, -0.1) is 0 Å². The summed E-state index contributed by atoms with van der Waals surface area (Å²) in [6, 6.07) is 6.30. The molecule has 3 nitrogen and oxygen atoms in total. The highest BCUT2D eigenvalue weighted by atomic mass is 35.5. The van der Waals surface area contributed by atoms with E-state index in [1.165, 1.54) is 44.9 Å². The predicted molar refractivity (Wildman–Crippen MR) is 96.2 cm³/mol. The first-order valence-corrected chi connectivity index (χ1v) is 10.6. The maximum absolute atomic E-state index is 12.2. The second kappa shape index (κ2) is 9.05. The van der Waals surface area contributed by atoms with Gasteiger partial charge in [0.25, 0.3) is 0 Å². The molecule has 0 atom stereocenters. The SMILES string of the molecule is CCCCC1CCC(CCNS(=O)(=O)c2ccc(Cl)cc2)CC1. The number of sulfonamides is 1. The van der Waals surface area contributed by atoms with Crippen LogP contribution in [0, 0.1) is 11.8 Å². The van der Waals surface area contributed by atoms with Crippen LogP contribution in [0.15, 0.2) is 29.2 Å². The third-order valence-corrected chi connectivity index (χ3v) is 6.63. The van der Waals surface area contributed by atoms with E-state index in [1.54, 1.807) is 24.3 Å². The van der Waals surface area contributed by atoms with Crippen molar-refractivity contribution in [3.8, 4) is 0 Å². The minimum Gasteiger partial charge on any atom is -0.211 e. The quantitative estimate of drug-likeness (QED) is 0.711. The van der Waals surface area contributed by atoms with Crippen molar-refractivity contribution in [2.24, 2.45) is 11.8 Å². The zero-order valence-corrected chi connectivity index (χ0v) is 15.5. The van der Waals surface area contributed by atoms with Crippen LogP contribution in [0.4, 0.5) is 0 Å². The summed E-state index contributed by atoms with van der Waals surface area (Å²) in [5.41, 5.74) is 0. The van der Waals surface area contributed by atoms with Gasteiger partial charge < -0.3 is 0 Å². The maximum atomic E-state index is 12.2. The smallest absolute Gasteiger partial charge is 0.211 e. The third kappa shape index (κ3) is 6.09. The summed E-state index contributed by atoms with van der Waals surface area (Å²) in [7, 11) is -3.41. The average molecular weight is 358 g/mol. The summed E-state index contributed by atoms with van der Waals surface area (Å²) in [6.07, 6.45) is 10.1. The van der Waals surface area contributed by atoms with Crippen LogP contribution in [0.3, 0.4) is 0 Å². The fourth-order valence-corrected chi connectivity index (χ4v) is 4.57. The normalized spacial score (nSPS) is 22.2. The van der Waals surface area contributed by atoms with Gasteiger partial charge in [-0.1, -0.05) is 63.5 Å². The third-order valence-electron chi connectivity index (χ3n) is 4.90. The van der Waals surface area contributed by atoms with Gasteiger partial charge in [0.1, 0.15) is 0 Å². The van der Waals surface area contributed by atoms with Gasteiger partial charge in [-0.05, 0) is 42.5 Å². The van der Waals surface area contributed by atoms with Crippen LogP contribution in [-0.4, -0.2) is 15.0 Å². The van der Waals surface area contributed by atoms with Crippen LogP contribution in [0.25, 0.3) is 0 Å². The second-order valence-corrected chi connectivity index (χ2v) is 8.87. The molecule has 1 aromatic rings. The van der Waals surface area contributed by atoms with Crippen LogP contribution in [-0.2, 0) is 10.0 Å². The fourth-order valence-electron chi connectivity index (χ4n) is 3.40. The Labute approximate surface area is 145 Å². The zero-order chi connectivity index (χ0) is 16.7. The molecule has 0 aliphatic heterocycles. The predicted octanol–water partition coefficient (Wildman–Crippen LogP) is 5.01. The van der Waals surface area contributed by atoms with Gasteiger partial charge in [0.15, 0.2) is 0 Å². The molecular weight excluding hydrogens is 330 g/mol. The van der Waals surface area contributed by atoms with E-state index < -0.39 is 10.0 Å². The topological polar surface area (TPSA) is 46.2 Å². The molecule has 0 spiro atoms. The molecule has 5 heteroatoms. The van der Waals surface area contributed by atoms with Crippen LogP contribution < -0.4 is 4.72 Å². The van der Waals surface area contributed by atoms with Crippen molar-refractivity contribution in [3.05, 3.63) is 29.3 Å². The summed E-state index contributed by atoms with van der Waals surface area (Å²) in [5, 5.41) is 0.545. The Bertz CT molecular complexity index is 563. The lowest BCUT2D eigenvalue weighted by Crippen LogP contribution is -2.27. The monoisotopic (exact) mass is 357 g/mol. The van der Waals surface area contributed by atoms with Gasteiger partial charge >= 0.3 is 0 Å². The first-order chi connectivity index (χ1) is 11.0. The van der Waals surface area contributed by atoms with Crippen molar-refractivity contribution in [1.29, 1.82) is 0 Å². The summed E-state index contributed by atoms with van der Waals surface area (Å²) in [4.78, 5) is 0.283. The van der Waals surface area contributed by atoms with Crippen molar-refractivity contribution < 1.29 is 8.42 Å². The Kier molecular flexibility index (Phi) is 7.38. The summed E-state index contributed by atoms with van der Waals surface area (Å²) in [5.74, 6) is 1.57. The molecule has 0 unspecified atom stereocenters. The number of unbranched alkanes of at least 4 members (excludes halogenated alkanes) is 1. The fraction of sp³-hybridized carbons (Fsp3) is 0.667. The number of halogens is 1. The molecule has 2 rings (SSSR count). The minimum absolute atomic E-state index is 0.283. The van der Waals surface area contributed by atoms with E-state index in [2.05, 4.69) is 11.6 Å². The van der Waals surface area contributed by atoms with Gasteiger partial charge in [0, 0.05) is 11.6 Å². The molecule has 1 fully saturated rings. The molecule has 0 saturated heterocycles. The Morgan fingerprint density at radius 2 is 1.61 bits per heavy atom. The molecule has 0 radical (unpaired) electrons. The number of nitrogens with one attached hydrogen (secondary N) is 1. The van der Waals surface area contributed by atoms with Crippen molar-refractivity contribution in [1.82, 2.24) is 4.72 Å². The number of benzene rings is 1. The molecule has 23 heavy (non-hydrogen) atoms. The van der Waals surface area contributed by atoms with E-state index in [0.717, 1.165) is 12.3 Å². The van der Waals surface area contributed by atoms with Gasteiger partial charge in [0.05, 0.1) is 4.90 Å². The first kappa shape index (κ1) is 18.8. The summed E-state index contributed by atoms with van der Waals surface area (Å²) in [6.45, 7) is 2.77. The van der Waals surface area contributed by atoms with E-state index >= 15 is 0 Å². The van der Waals surface area contributed by atoms with E-state index in [9.17, 15) is 8.42 Å². The molecule has 0 aromatic heterocycles. The van der Waals surface area contributed by atoms with Crippen molar-refractivity contribution >= 4 is 21.6 Å². The van der Waals surface area contributed by atoms with E-state index in [1.807, 2.05) is 0 Å². The summed E-state index contributed by atoms with van der Waals surface area (Å²) >= 11 is 5.80. The van der Waals surface area contributed by atoms with Crippen molar-refractivity contribution in [2.75, 3.05) is 6.54 Å². The Morgan fingerprint density at radius 1 is 1.04 bits per heavy atom. The molecule has 0 amide bonds. The average Bonchev–Trinajstić information content (AvgIpc) is 2.54. The lowest BCUT2D eigenvalue weighted by Gasteiger charge is -2.28. The molecule has 1 aliphatic rings. The number of hydrogen-bond acceptors (Lipinski definition) is 2. The highest BCUT2D eigenvalue weighted by molar-refractivity contribution is 7.89. The molecule has 0 heterocycles.